The smallest absolute Gasteiger partial charge is 0.305 e. The van der Waals surface area contributed by atoms with Crippen LogP contribution in [0, 0.1) is 0 Å². The van der Waals surface area contributed by atoms with Gasteiger partial charge in [-0.05, 0) is 19.8 Å². The second-order valence-electron chi connectivity index (χ2n) is 6.37. The van der Waals surface area contributed by atoms with Crippen LogP contribution in [-0.2, 0) is 14.3 Å². The number of amides is 1. The molecule has 24 heavy (non-hydrogen) atoms. The quantitative estimate of drug-likeness (QED) is 0.340. The van der Waals surface area contributed by atoms with Crippen LogP contribution in [0.2, 0.25) is 0 Å². The highest BCUT2D eigenvalue weighted by Crippen LogP contribution is 2.10. The van der Waals surface area contributed by atoms with Crippen LogP contribution in [0.25, 0.3) is 0 Å². The van der Waals surface area contributed by atoms with E-state index in [1.165, 1.54) is 51.4 Å². The molecule has 1 atom stereocenters. The number of hydrogen-bond donors (Lipinski definition) is 1. The van der Waals surface area contributed by atoms with Gasteiger partial charge < -0.3 is 10.1 Å². The normalized spacial score (nSPS) is 12.0. The first-order chi connectivity index (χ1) is 11.6. The number of carbonyl (C=O) groups excluding carboxylic acids is 2. The predicted molar refractivity (Wildman–Crippen MR) is 97.6 cm³/mol. The van der Waals surface area contributed by atoms with Crippen LogP contribution in [-0.4, -0.2) is 31.1 Å². The van der Waals surface area contributed by atoms with Crippen molar-refractivity contribution < 1.29 is 14.3 Å². The van der Waals surface area contributed by atoms with Crippen molar-refractivity contribution in [1.29, 1.82) is 0 Å². The van der Waals surface area contributed by atoms with Crippen LogP contribution >= 0.6 is 0 Å². The van der Waals surface area contributed by atoms with Crippen LogP contribution in [0.15, 0.2) is 0 Å². The highest BCUT2D eigenvalue weighted by Gasteiger charge is 2.15. The number of esters is 1. The van der Waals surface area contributed by atoms with Gasteiger partial charge in [-0.2, -0.15) is 0 Å². The van der Waals surface area contributed by atoms with Crippen LogP contribution in [0.1, 0.15) is 90.9 Å². The van der Waals surface area contributed by atoms with E-state index >= 15 is 0 Å². The van der Waals surface area contributed by atoms with Gasteiger partial charge in [-0.15, -0.1) is 0 Å². The van der Waals surface area contributed by atoms with Crippen molar-refractivity contribution in [1.82, 2.24) is 11.1 Å². The molecule has 0 bridgehead atoms. The van der Waals surface area contributed by atoms with E-state index in [9.17, 15) is 9.59 Å². The Balaban J connectivity index is 3.40. The molecule has 0 aliphatic heterocycles. The van der Waals surface area contributed by atoms with Crippen molar-refractivity contribution in [2.75, 3.05) is 13.2 Å². The maximum absolute atomic E-state index is 11.7. The predicted octanol–water partition coefficient (Wildman–Crippen LogP) is 4.02. The summed E-state index contributed by atoms with van der Waals surface area (Å²) in [6.45, 7) is 4.95. The van der Waals surface area contributed by atoms with Gasteiger partial charge in [0.05, 0.1) is 6.61 Å². The van der Waals surface area contributed by atoms with Gasteiger partial charge >= 0.3 is 5.97 Å². The van der Waals surface area contributed by atoms with E-state index in [4.69, 9.17) is 10.5 Å². The third-order valence-electron chi connectivity index (χ3n) is 4.09. The summed E-state index contributed by atoms with van der Waals surface area (Å²) >= 11 is 0. The van der Waals surface area contributed by atoms with Crippen molar-refractivity contribution in [3.63, 3.8) is 0 Å². The van der Waals surface area contributed by atoms with Crippen LogP contribution in [0.4, 0.5) is 0 Å². The standard InChI is InChI=1S/C19H37N2O3/c1-3-5-6-7-8-9-10-11-12-13-16-21-19(23)17(20)14-15-18(22)24-4-2/h17,20H,3-16H2,1-2H3,(H,21,23). The second kappa shape index (κ2) is 16.7. The summed E-state index contributed by atoms with van der Waals surface area (Å²) in [6.07, 6.45) is 13.0. The SMILES string of the molecule is CCCCCCCCCCCCNC(=O)C([NH])CCC(=O)OCC. The highest BCUT2D eigenvalue weighted by atomic mass is 16.5. The average Bonchev–Trinajstić information content (AvgIpc) is 2.57. The zero-order chi connectivity index (χ0) is 18.0. The summed E-state index contributed by atoms with van der Waals surface area (Å²) in [4.78, 5) is 22.9. The van der Waals surface area contributed by atoms with Gasteiger partial charge in [0.2, 0.25) is 5.91 Å². The minimum absolute atomic E-state index is 0.133. The van der Waals surface area contributed by atoms with Gasteiger partial charge in [0, 0.05) is 13.0 Å². The molecule has 0 rings (SSSR count). The molecule has 0 spiro atoms. The zero-order valence-corrected chi connectivity index (χ0v) is 15.7. The minimum atomic E-state index is -0.877. The molecule has 0 aromatic carbocycles. The number of unbranched alkanes of at least 4 members (excludes halogenated alkanes) is 9. The lowest BCUT2D eigenvalue weighted by Crippen LogP contribution is -2.36. The molecule has 5 heteroatoms. The maximum Gasteiger partial charge on any atom is 0.305 e. The van der Waals surface area contributed by atoms with E-state index in [0.717, 1.165) is 12.8 Å². The Kier molecular flexibility index (Phi) is 16.0. The Bertz CT molecular complexity index is 322. The number of hydrogen-bond acceptors (Lipinski definition) is 3. The fourth-order valence-electron chi connectivity index (χ4n) is 2.57. The lowest BCUT2D eigenvalue weighted by molar-refractivity contribution is -0.143. The molecular formula is C19H37N2O3. The number of nitrogens with one attached hydrogen (secondary N) is 2. The number of rotatable bonds is 16. The van der Waals surface area contributed by atoms with E-state index < -0.39 is 6.04 Å². The van der Waals surface area contributed by atoms with Gasteiger partial charge in [-0.3, -0.25) is 9.59 Å². The molecule has 0 fully saturated rings. The lowest BCUT2D eigenvalue weighted by Gasteiger charge is -2.11. The van der Waals surface area contributed by atoms with Crippen molar-refractivity contribution in [2.24, 2.45) is 0 Å². The van der Waals surface area contributed by atoms with E-state index in [0.29, 0.717) is 13.2 Å². The van der Waals surface area contributed by atoms with E-state index in [1.54, 1.807) is 6.92 Å². The van der Waals surface area contributed by atoms with Crippen molar-refractivity contribution in [3.05, 3.63) is 0 Å². The summed E-state index contributed by atoms with van der Waals surface area (Å²) < 4.78 is 4.79. The Morgan fingerprint density at radius 3 is 2.00 bits per heavy atom. The van der Waals surface area contributed by atoms with E-state index in [1.807, 2.05) is 0 Å². The minimum Gasteiger partial charge on any atom is -0.466 e. The number of carbonyl (C=O) groups is 2. The molecule has 2 N–H and O–H groups in total. The largest absolute Gasteiger partial charge is 0.466 e. The highest BCUT2D eigenvalue weighted by molar-refractivity contribution is 5.82. The molecule has 0 aromatic heterocycles. The molecule has 1 radical (unpaired) electrons. The molecule has 0 aliphatic carbocycles. The molecule has 0 aromatic rings. The fourth-order valence-corrected chi connectivity index (χ4v) is 2.57. The van der Waals surface area contributed by atoms with Gasteiger partial charge in [-0.25, -0.2) is 5.73 Å². The number of ether oxygens (including phenoxy) is 1. The van der Waals surface area contributed by atoms with E-state index in [2.05, 4.69) is 12.2 Å². The fraction of sp³-hybridized carbons (Fsp3) is 0.895. The first-order valence-corrected chi connectivity index (χ1v) is 9.76. The van der Waals surface area contributed by atoms with Crippen molar-refractivity contribution >= 4 is 11.9 Å². The Labute approximate surface area is 148 Å². The van der Waals surface area contributed by atoms with Gasteiger partial charge in [0.25, 0.3) is 0 Å². The topological polar surface area (TPSA) is 79.2 Å². The zero-order valence-electron chi connectivity index (χ0n) is 15.7. The Morgan fingerprint density at radius 1 is 0.917 bits per heavy atom. The molecule has 0 saturated heterocycles. The van der Waals surface area contributed by atoms with E-state index in [-0.39, 0.29) is 24.7 Å². The summed E-state index contributed by atoms with van der Waals surface area (Å²) in [7, 11) is 0. The molecule has 0 saturated carbocycles. The monoisotopic (exact) mass is 341 g/mol. The van der Waals surface area contributed by atoms with Gasteiger partial charge in [-0.1, -0.05) is 64.7 Å². The molecular weight excluding hydrogens is 304 g/mol. The summed E-state index contributed by atoms with van der Waals surface area (Å²) in [6, 6.07) is -0.877. The second-order valence-corrected chi connectivity index (χ2v) is 6.37. The first kappa shape index (κ1) is 22.9. The lowest BCUT2D eigenvalue weighted by atomic mass is 10.1. The van der Waals surface area contributed by atoms with Crippen LogP contribution in [0.5, 0.6) is 0 Å². The molecule has 5 nitrogen and oxygen atoms in total. The Morgan fingerprint density at radius 2 is 1.46 bits per heavy atom. The van der Waals surface area contributed by atoms with Crippen molar-refractivity contribution in [2.45, 2.75) is 96.9 Å². The van der Waals surface area contributed by atoms with Gasteiger partial charge in [0.1, 0.15) is 6.04 Å². The molecule has 1 amide bonds. The molecule has 0 heterocycles. The van der Waals surface area contributed by atoms with Crippen LogP contribution < -0.4 is 11.1 Å². The van der Waals surface area contributed by atoms with Crippen LogP contribution in [0.3, 0.4) is 0 Å². The molecule has 1 unspecified atom stereocenters. The molecule has 0 aliphatic rings. The summed E-state index contributed by atoms with van der Waals surface area (Å²) in [5, 5.41) is 2.78. The Hall–Kier alpha value is -1.10. The average molecular weight is 342 g/mol. The third kappa shape index (κ3) is 14.5. The van der Waals surface area contributed by atoms with Crippen molar-refractivity contribution in [3.8, 4) is 0 Å². The maximum atomic E-state index is 11.7. The summed E-state index contributed by atoms with van der Waals surface area (Å²) in [5.74, 6) is -0.618. The first-order valence-electron chi connectivity index (χ1n) is 9.76. The molecule has 141 valence electrons. The third-order valence-corrected chi connectivity index (χ3v) is 4.09. The van der Waals surface area contributed by atoms with Gasteiger partial charge in [0.15, 0.2) is 0 Å². The summed E-state index contributed by atoms with van der Waals surface area (Å²) in [5.41, 5.74) is 7.72.